The Labute approximate surface area is 178 Å². The summed E-state index contributed by atoms with van der Waals surface area (Å²) in [6.07, 6.45) is 3.14. The molecule has 0 aliphatic heterocycles. The van der Waals surface area contributed by atoms with Gasteiger partial charge in [-0.15, -0.1) is 0 Å². The summed E-state index contributed by atoms with van der Waals surface area (Å²) in [6, 6.07) is 1.98. The van der Waals surface area contributed by atoms with E-state index in [1.54, 1.807) is 6.20 Å². The first-order chi connectivity index (χ1) is 14.7. The molecule has 0 spiro atoms. The molecule has 1 saturated carbocycles. The highest BCUT2D eigenvalue weighted by Gasteiger charge is 2.36. The topological polar surface area (TPSA) is 92.2 Å². The minimum Gasteiger partial charge on any atom is -0.345 e. The summed E-state index contributed by atoms with van der Waals surface area (Å²) in [4.78, 5) is 12.0. The second-order valence-corrected chi connectivity index (χ2v) is 10.3. The maximum Gasteiger partial charge on any atom is 0.390 e. The van der Waals surface area contributed by atoms with Gasteiger partial charge in [0.05, 0.1) is 23.9 Å². The zero-order valence-corrected chi connectivity index (χ0v) is 18.0. The van der Waals surface area contributed by atoms with E-state index in [1.807, 2.05) is 18.5 Å². The smallest absolute Gasteiger partial charge is 0.345 e. The van der Waals surface area contributed by atoms with Gasteiger partial charge in [0.25, 0.3) is 0 Å². The summed E-state index contributed by atoms with van der Waals surface area (Å²) < 4.78 is 65.0. The molecule has 0 saturated heterocycles. The van der Waals surface area contributed by atoms with E-state index in [2.05, 4.69) is 31.0 Å². The number of halogens is 3. The molecule has 3 aromatic rings. The van der Waals surface area contributed by atoms with Crippen molar-refractivity contribution in [2.75, 3.05) is 12.3 Å². The monoisotopic (exact) mass is 457 g/mol. The number of hydrogen-bond acceptors (Lipinski definition) is 4. The van der Waals surface area contributed by atoms with Crippen LogP contribution in [0, 0.1) is 11.8 Å². The van der Waals surface area contributed by atoms with Crippen LogP contribution in [0.3, 0.4) is 0 Å². The van der Waals surface area contributed by atoms with E-state index in [9.17, 15) is 21.6 Å². The molecule has 1 fully saturated rings. The Morgan fingerprint density at radius 3 is 2.81 bits per heavy atom. The van der Waals surface area contributed by atoms with Gasteiger partial charge in [0.1, 0.15) is 0 Å². The summed E-state index contributed by atoms with van der Waals surface area (Å²) in [5.41, 5.74) is 3.68. The lowest BCUT2D eigenvalue weighted by atomic mass is 9.91. The molecular weight excluding hydrogens is 431 g/mol. The molecule has 0 bridgehead atoms. The minimum atomic E-state index is -4.48. The third-order valence-electron chi connectivity index (χ3n) is 6.30. The maximum atomic E-state index is 12.3. The van der Waals surface area contributed by atoms with Crippen LogP contribution in [0.4, 0.5) is 13.2 Å². The van der Waals surface area contributed by atoms with Crippen LogP contribution >= 0.6 is 0 Å². The molecule has 1 aliphatic rings. The molecule has 0 radical (unpaired) electrons. The van der Waals surface area contributed by atoms with Gasteiger partial charge >= 0.3 is 6.18 Å². The van der Waals surface area contributed by atoms with Crippen molar-refractivity contribution in [3.8, 4) is 0 Å². The second-order valence-electron chi connectivity index (χ2n) is 8.33. The van der Waals surface area contributed by atoms with Crippen LogP contribution in [-0.4, -0.2) is 46.2 Å². The van der Waals surface area contributed by atoms with E-state index in [4.69, 9.17) is 0 Å². The summed E-state index contributed by atoms with van der Waals surface area (Å²) in [7, 11) is -3.92. The summed E-state index contributed by atoms with van der Waals surface area (Å²) >= 11 is 0. The summed E-state index contributed by atoms with van der Waals surface area (Å²) in [6.45, 7) is 2.31. The molecule has 0 amide bonds. The number of aromatic amines is 1. The number of rotatable bonds is 8. The first kappa shape index (κ1) is 22.1. The van der Waals surface area contributed by atoms with Crippen molar-refractivity contribution in [2.45, 2.75) is 51.1 Å². The summed E-state index contributed by atoms with van der Waals surface area (Å²) in [5.74, 6) is 0.0970. The first-order valence-electron chi connectivity index (χ1n) is 10.5. The fraction of sp³-hybridized carbons (Fsp3) is 0.600. The lowest BCUT2D eigenvalue weighted by molar-refractivity contribution is -0.130. The fourth-order valence-electron chi connectivity index (χ4n) is 4.78. The van der Waals surface area contributed by atoms with Crippen LogP contribution < -0.4 is 4.72 Å². The average Bonchev–Trinajstić information content (AvgIpc) is 3.42. The van der Waals surface area contributed by atoms with Crippen molar-refractivity contribution < 1.29 is 21.6 Å². The van der Waals surface area contributed by atoms with Crippen molar-refractivity contribution in [2.24, 2.45) is 11.8 Å². The molecule has 3 aromatic heterocycles. The van der Waals surface area contributed by atoms with Gasteiger partial charge in [-0.2, -0.15) is 13.2 Å². The Hall–Kier alpha value is -2.14. The van der Waals surface area contributed by atoms with Gasteiger partial charge in [-0.3, -0.25) is 4.40 Å². The predicted octanol–water partition coefficient (Wildman–Crippen LogP) is 3.99. The van der Waals surface area contributed by atoms with Crippen molar-refractivity contribution in [1.82, 2.24) is 24.1 Å². The predicted molar refractivity (Wildman–Crippen MR) is 111 cm³/mol. The van der Waals surface area contributed by atoms with Gasteiger partial charge < -0.3 is 4.98 Å². The highest BCUT2D eigenvalue weighted by molar-refractivity contribution is 7.89. The third-order valence-corrected chi connectivity index (χ3v) is 7.68. The normalized spacial score (nSPS) is 22.6. The lowest BCUT2D eigenvalue weighted by Crippen LogP contribution is -2.30. The SMILES string of the molecule is CC[C@H]1C[C@@H](CCNS(=O)(=O)CCC(F)(F)F)C[C@H]1c1cnc2cnc3[nH]ccc3n12. The van der Waals surface area contributed by atoms with Crippen LogP contribution in [0.1, 0.15) is 50.6 Å². The van der Waals surface area contributed by atoms with Crippen LogP contribution in [-0.2, 0) is 10.0 Å². The summed E-state index contributed by atoms with van der Waals surface area (Å²) in [5, 5.41) is 0. The molecule has 31 heavy (non-hydrogen) atoms. The van der Waals surface area contributed by atoms with Crippen LogP contribution in [0.2, 0.25) is 0 Å². The van der Waals surface area contributed by atoms with Crippen molar-refractivity contribution in [3.63, 3.8) is 0 Å². The molecule has 0 unspecified atom stereocenters. The van der Waals surface area contributed by atoms with Crippen LogP contribution in [0.5, 0.6) is 0 Å². The molecule has 3 heterocycles. The number of H-pyrrole nitrogens is 1. The number of nitrogens with one attached hydrogen (secondary N) is 2. The molecule has 170 valence electrons. The quantitative estimate of drug-likeness (QED) is 0.535. The number of nitrogens with zero attached hydrogens (tertiary/aromatic N) is 3. The molecule has 0 aromatic carbocycles. The number of alkyl halides is 3. The van der Waals surface area contributed by atoms with Crippen molar-refractivity contribution >= 4 is 26.8 Å². The number of aromatic nitrogens is 4. The zero-order valence-electron chi connectivity index (χ0n) is 17.2. The number of sulfonamides is 1. The number of imidazole rings is 1. The lowest BCUT2D eigenvalue weighted by Gasteiger charge is -2.17. The van der Waals surface area contributed by atoms with Gasteiger partial charge in [0.15, 0.2) is 11.3 Å². The Morgan fingerprint density at radius 2 is 2.06 bits per heavy atom. The molecule has 4 rings (SSSR count). The first-order valence-corrected chi connectivity index (χ1v) is 12.2. The van der Waals surface area contributed by atoms with Crippen molar-refractivity contribution in [1.29, 1.82) is 0 Å². The third kappa shape index (κ3) is 4.87. The van der Waals surface area contributed by atoms with E-state index in [0.717, 1.165) is 41.8 Å². The number of fused-ring (bicyclic) bond motifs is 3. The Kier molecular flexibility index (Phi) is 5.99. The molecule has 3 atom stereocenters. The van der Waals surface area contributed by atoms with Gasteiger partial charge in [-0.25, -0.2) is 23.1 Å². The maximum absolute atomic E-state index is 12.3. The van der Waals surface area contributed by atoms with Crippen LogP contribution in [0.25, 0.3) is 16.8 Å². The van der Waals surface area contributed by atoms with E-state index >= 15 is 0 Å². The largest absolute Gasteiger partial charge is 0.390 e. The molecule has 7 nitrogen and oxygen atoms in total. The Morgan fingerprint density at radius 1 is 1.26 bits per heavy atom. The highest BCUT2D eigenvalue weighted by atomic mass is 32.2. The van der Waals surface area contributed by atoms with Gasteiger partial charge in [-0.05, 0) is 37.2 Å². The Bertz CT molecular complexity index is 1150. The minimum absolute atomic E-state index is 0.160. The number of hydrogen-bond donors (Lipinski definition) is 2. The molecule has 11 heteroatoms. The second kappa shape index (κ2) is 8.42. The standard InChI is InChI=1S/C20H26F3N5O2S/c1-2-14-9-13(3-7-27-31(29,30)8-5-20(21,22)23)10-15(14)17-11-25-18-12-26-19-16(28(17)18)4-6-24-19/h4,6,11-15,24,27H,2-3,5,7-10H2,1H3/t13-,14+,15-/m1/s1. The van der Waals surface area contributed by atoms with Crippen LogP contribution in [0.15, 0.2) is 24.7 Å². The fourth-order valence-corrected chi connectivity index (χ4v) is 5.86. The highest BCUT2D eigenvalue weighted by Crippen LogP contribution is 2.46. The molecule has 2 N–H and O–H groups in total. The van der Waals surface area contributed by atoms with E-state index in [0.29, 0.717) is 18.3 Å². The van der Waals surface area contributed by atoms with Gasteiger partial charge in [-0.1, -0.05) is 13.3 Å². The van der Waals surface area contributed by atoms with Gasteiger partial charge in [0, 0.05) is 30.6 Å². The van der Waals surface area contributed by atoms with E-state index < -0.39 is 28.4 Å². The molecular formula is C20H26F3N5O2S. The Balaban J connectivity index is 1.43. The average molecular weight is 458 g/mol. The van der Waals surface area contributed by atoms with Crippen molar-refractivity contribution in [3.05, 3.63) is 30.4 Å². The van der Waals surface area contributed by atoms with E-state index in [-0.39, 0.29) is 12.5 Å². The molecule has 1 aliphatic carbocycles. The van der Waals surface area contributed by atoms with Gasteiger partial charge in [0.2, 0.25) is 10.0 Å². The van der Waals surface area contributed by atoms with E-state index in [1.165, 1.54) is 0 Å². The zero-order chi connectivity index (χ0) is 22.2.